The van der Waals surface area contributed by atoms with Crippen LogP contribution in [0.5, 0.6) is 6.01 Å². The highest BCUT2D eigenvalue weighted by Gasteiger charge is 2.49. The van der Waals surface area contributed by atoms with Crippen molar-refractivity contribution in [1.29, 1.82) is 0 Å². The third-order valence-electron chi connectivity index (χ3n) is 9.76. The van der Waals surface area contributed by atoms with Crippen molar-refractivity contribution in [2.75, 3.05) is 44.7 Å². The van der Waals surface area contributed by atoms with Crippen LogP contribution < -0.4 is 9.64 Å². The third kappa shape index (κ3) is 5.87. The van der Waals surface area contributed by atoms with E-state index in [-0.39, 0.29) is 34.9 Å². The minimum Gasteiger partial charge on any atom is -0.461 e. The number of hydrogen-bond acceptors (Lipinski definition) is 8. The largest absolute Gasteiger partial charge is 0.461 e. The van der Waals surface area contributed by atoms with Crippen LogP contribution in [0.4, 0.5) is 23.8 Å². The minimum absolute atomic E-state index is 0.0334. The van der Waals surface area contributed by atoms with Crippen LogP contribution in [-0.4, -0.2) is 94.0 Å². The van der Waals surface area contributed by atoms with Crippen molar-refractivity contribution >= 4 is 45.2 Å². The number of benzene rings is 2. The van der Waals surface area contributed by atoms with Gasteiger partial charge in [-0.15, -0.1) is 0 Å². The van der Waals surface area contributed by atoms with Crippen LogP contribution in [0.3, 0.4) is 0 Å². The Hall–Kier alpha value is -3.90. The van der Waals surface area contributed by atoms with Gasteiger partial charge in [0.2, 0.25) is 0 Å². The van der Waals surface area contributed by atoms with Crippen LogP contribution >= 0.6 is 11.6 Å². The lowest BCUT2D eigenvalue weighted by Gasteiger charge is -2.31. The quantitative estimate of drug-likeness (QED) is 0.212. The molecule has 2 aromatic carbocycles. The number of likely N-dealkylation sites (N-methyl/N-ethyl adjacent to an activating group) is 1. The molecule has 0 unspecified atom stereocenters. The van der Waals surface area contributed by atoms with E-state index < -0.39 is 35.0 Å². The van der Waals surface area contributed by atoms with Gasteiger partial charge in [-0.3, -0.25) is 9.88 Å². The number of aromatic nitrogens is 3. The lowest BCUT2D eigenvalue weighted by molar-refractivity contribution is 0.0292. The monoisotopic (exact) mass is 682 g/mol. The summed E-state index contributed by atoms with van der Waals surface area (Å²) in [6.07, 6.45) is 2.87. The van der Waals surface area contributed by atoms with Crippen molar-refractivity contribution < 1.29 is 27.4 Å². The van der Waals surface area contributed by atoms with Gasteiger partial charge in [0.15, 0.2) is 5.82 Å². The molecule has 3 saturated heterocycles. The Kier molecular flexibility index (Phi) is 8.30. The summed E-state index contributed by atoms with van der Waals surface area (Å²) in [4.78, 5) is 32.3. The average molecular weight is 683 g/mol. The smallest absolute Gasteiger partial charge is 0.410 e. The number of hydrogen-bond donors (Lipinski definition) is 0. The second-order valence-corrected chi connectivity index (χ2v) is 14.5. The molecule has 13 heteroatoms. The number of rotatable bonds is 6. The summed E-state index contributed by atoms with van der Waals surface area (Å²) in [5, 5.41) is 1.18. The van der Waals surface area contributed by atoms with Gasteiger partial charge in [-0.1, -0.05) is 35.9 Å². The number of fused-ring (bicyclic) bond motifs is 3. The second kappa shape index (κ2) is 12.2. The van der Waals surface area contributed by atoms with E-state index >= 15 is 4.39 Å². The maximum absolute atomic E-state index is 16.8. The van der Waals surface area contributed by atoms with Crippen molar-refractivity contribution in [3.05, 3.63) is 53.2 Å². The number of carbonyl (C=O) groups excluding carboxylic acids is 1. The topological polar surface area (TPSA) is 83.9 Å². The minimum atomic E-state index is -0.938. The van der Waals surface area contributed by atoms with E-state index in [1.807, 2.05) is 32.7 Å². The highest BCUT2D eigenvalue weighted by atomic mass is 35.5. The first-order chi connectivity index (χ1) is 22.8. The molecule has 48 heavy (non-hydrogen) atoms. The molecule has 254 valence electrons. The van der Waals surface area contributed by atoms with Crippen LogP contribution in [0.15, 0.2) is 36.5 Å². The van der Waals surface area contributed by atoms with Crippen molar-refractivity contribution in [3.63, 3.8) is 0 Å². The number of halogens is 4. The Bertz CT molecular complexity index is 1910. The molecule has 0 saturated carbocycles. The maximum atomic E-state index is 16.8. The van der Waals surface area contributed by atoms with Gasteiger partial charge >= 0.3 is 12.1 Å². The standard InChI is InChI=1S/C35H38ClF3N6O3/c1-34(2,3)48-33(46)44-14-11-22(18-44)43(4)31-24-16-40-29(23-8-5-7-20-9-10-25(38)27(36)26(20)23)28(39)30(24)41-32(42-31)47-19-35-12-6-13-45(35)17-21(37)15-35/h5,7-10,16,21-22H,6,11-15,17-19H2,1-4H3/t21-,22+,35+/m0/s1. The summed E-state index contributed by atoms with van der Waals surface area (Å²) in [6, 6.07) is 7.77. The van der Waals surface area contributed by atoms with Crippen LogP contribution in [0.1, 0.15) is 46.5 Å². The molecule has 0 N–H and O–H groups in total. The number of pyridine rings is 1. The Morgan fingerprint density at radius 2 is 1.96 bits per heavy atom. The Balaban J connectivity index is 1.29. The summed E-state index contributed by atoms with van der Waals surface area (Å²) >= 11 is 6.40. The van der Waals surface area contributed by atoms with E-state index in [1.54, 1.807) is 29.2 Å². The zero-order chi connectivity index (χ0) is 34.0. The first-order valence-electron chi connectivity index (χ1n) is 16.3. The average Bonchev–Trinajstić information content (AvgIpc) is 3.75. The molecule has 0 spiro atoms. The van der Waals surface area contributed by atoms with Gasteiger partial charge in [0.25, 0.3) is 0 Å². The first-order valence-corrected chi connectivity index (χ1v) is 16.7. The third-order valence-corrected chi connectivity index (χ3v) is 10.1. The lowest BCUT2D eigenvalue weighted by atomic mass is 9.95. The molecular weight excluding hydrogens is 645 g/mol. The Morgan fingerprint density at radius 3 is 2.75 bits per heavy atom. The van der Waals surface area contributed by atoms with E-state index in [4.69, 9.17) is 26.1 Å². The van der Waals surface area contributed by atoms with Crippen molar-refractivity contribution in [2.45, 2.75) is 69.8 Å². The van der Waals surface area contributed by atoms with Gasteiger partial charge in [-0.05, 0) is 58.0 Å². The van der Waals surface area contributed by atoms with E-state index in [1.165, 1.54) is 12.3 Å². The predicted molar refractivity (Wildman–Crippen MR) is 178 cm³/mol. The van der Waals surface area contributed by atoms with Crippen LogP contribution in [0.2, 0.25) is 5.02 Å². The van der Waals surface area contributed by atoms with Gasteiger partial charge in [-0.25, -0.2) is 18.0 Å². The van der Waals surface area contributed by atoms with Crippen molar-refractivity contribution in [2.24, 2.45) is 0 Å². The molecule has 3 aliphatic rings. The van der Waals surface area contributed by atoms with Crippen molar-refractivity contribution in [1.82, 2.24) is 24.8 Å². The molecule has 5 heterocycles. The molecule has 0 aliphatic carbocycles. The molecule has 3 aliphatic heterocycles. The number of alkyl halides is 1. The molecule has 9 nitrogen and oxygen atoms in total. The first kappa shape index (κ1) is 32.6. The fourth-order valence-electron chi connectivity index (χ4n) is 7.42. The molecule has 3 fully saturated rings. The molecular formula is C35H38ClF3N6O3. The molecule has 1 amide bonds. The normalized spacial score (nSPS) is 22.9. The highest BCUT2D eigenvalue weighted by Crippen LogP contribution is 2.42. The fourth-order valence-corrected chi connectivity index (χ4v) is 7.69. The van der Waals surface area contributed by atoms with Gasteiger partial charge in [-0.2, -0.15) is 9.97 Å². The fraction of sp³-hybridized carbons (Fsp3) is 0.486. The summed E-state index contributed by atoms with van der Waals surface area (Å²) in [6.45, 7) is 7.64. The number of likely N-dealkylation sites (tertiary alicyclic amines) is 1. The zero-order valence-corrected chi connectivity index (χ0v) is 28.2. The van der Waals surface area contributed by atoms with Crippen molar-refractivity contribution in [3.8, 4) is 17.3 Å². The molecule has 0 bridgehead atoms. The molecule has 3 atom stereocenters. The van der Waals surface area contributed by atoms with E-state index in [0.29, 0.717) is 60.0 Å². The number of nitrogens with zero attached hydrogens (tertiary/aromatic N) is 6. The van der Waals surface area contributed by atoms with E-state index in [0.717, 1.165) is 19.4 Å². The lowest BCUT2D eigenvalue weighted by Crippen LogP contribution is -2.43. The Morgan fingerprint density at radius 1 is 1.15 bits per heavy atom. The van der Waals surface area contributed by atoms with Gasteiger partial charge in [0.1, 0.15) is 41.2 Å². The van der Waals surface area contributed by atoms with Gasteiger partial charge in [0, 0.05) is 56.3 Å². The van der Waals surface area contributed by atoms with E-state index in [2.05, 4.69) is 14.9 Å². The highest BCUT2D eigenvalue weighted by molar-refractivity contribution is 6.36. The SMILES string of the molecule is CN(c1nc(OC[C@]23CCCN2C[C@@H](F)C3)nc2c(F)c(-c3cccc4ccc(F)c(Cl)c34)ncc12)[C@@H]1CCN(C(=O)OC(C)(C)C)C1. The number of ether oxygens (including phenoxy) is 2. The number of anilines is 1. The molecule has 2 aromatic heterocycles. The summed E-state index contributed by atoms with van der Waals surface area (Å²) < 4.78 is 57.7. The van der Waals surface area contributed by atoms with Gasteiger partial charge in [0.05, 0.1) is 15.9 Å². The molecule has 0 radical (unpaired) electrons. The predicted octanol–water partition coefficient (Wildman–Crippen LogP) is 7.18. The van der Waals surface area contributed by atoms with Gasteiger partial charge < -0.3 is 19.3 Å². The Labute approximate surface area is 282 Å². The van der Waals surface area contributed by atoms with Crippen LogP contribution in [-0.2, 0) is 4.74 Å². The molecule has 7 rings (SSSR count). The second-order valence-electron chi connectivity index (χ2n) is 14.1. The van der Waals surface area contributed by atoms with E-state index in [9.17, 15) is 13.6 Å². The maximum Gasteiger partial charge on any atom is 0.410 e. The van der Waals surface area contributed by atoms with Crippen LogP contribution in [0.25, 0.3) is 32.9 Å². The van der Waals surface area contributed by atoms with Crippen LogP contribution in [0, 0.1) is 11.6 Å². The number of carbonyl (C=O) groups is 1. The summed E-state index contributed by atoms with van der Waals surface area (Å²) in [7, 11) is 1.83. The zero-order valence-electron chi connectivity index (χ0n) is 27.4. The summed E-state index contributed by atoms with van der Waals surface area (Å²) in [5.41, 5.74) is -0.861. The molecule has 4 aromatic rings. The number of amides is 1. The summed E-state index contributed by atoms with van der Waals surface area (Å²) in [5.74, 6) is -0.990.